The van der Waals surface area contributed by atoms with Gasteiger partial charge in [-0.3, -0.25) is 0 Å². The fourth-order valence-electron chi connectivity index (χ4n) is 0.935. The normalized spacial score (nSPS) is 10.2. The van der Waals surface area contributed by atoms with Gasteiger partial charge in [0.25, 0.3) is 0 Å². The smallest absolute Gasteiger partial charge is 0.191 e. The summed E-state index contributed by atoms with van der Waals surface area (Å²) in [7, 11) is 0. The minimum atomic E-state index is -0.523. The topological polar surface area (TPSA) is 69.6 Å². The van der Waals surface area contributed by atoms with E-state index in [4.69, 9.17) is 5.73 Å². The molecule has 6 heteroatoms. The molecule has 2 N–H and O–H groups in total. The summed E-state index contributed by atoms with van der Waals surface area (Å²) in [5.74, 6) is -0.433. The minimum absolute atomic E-state index is 0.0895. The van der Waals surface area contributed by atoms with Crippen molar-refractivity contribution < 1.29 is 4.39 Å². The molecule has 0 aliphatic carbocycles. The standard InChI is InChI=1S/C7H6FN5/c8-6-3-5(9)4-10-7(6)13-2-1-11-12-13/h1-4H,9H2. The Balaban J connectivity index is 2.53. The zero-order valence-corrected chi connectivity index (χ0v) is 6.55. The SMILES string of the molecule is Nc1cnc(-n2ccnn2)c(F)c1. The molecule has 0 radical (unpaired) electrons. The van der Waals surface area contributed by atoms with Gasteiger partial charge < -0.3 is 5.73 Å². The lowest BCUT2D eigenvalue weighted by atomic mass is 10.4. The summed E-state index contributed by atoms with van der Waals surface area (Å²) in [5.41, 5.74) is 5.61. The molecule has 0 aliphatic rings. The van der Waals surface area contributed by atoms with Crippen molar-refractivity contribution in [1.29, 1.82) is 0 Å². The van der Waals surface area contributed by atoms with Crippen molar-refractivity contribution in [3.05, 3.63) is 30.5 Å². The van der Waals surface area contributed by atoms with Crippen LogP contribution < -0.4 is 5.73 Å². The summed E-state index contributed by atoms with van der Waals surface area (Å²) in [6.07, 6.45) is 4.30. The highest BCUT2D eigenvalue weighted by atomic mass is 19.1. The molecular formula is C7H6FN5. The maximum absolute atomic E-state index is 13.2. The Morgan fingerprint density at radius 3 is 2.92 bits per heavy atom. The molecule has 0 saturated carbocycles. The fourth-order valence-corrected chi connectivity index (χ4v) is 0.935. The van der Waals surface area contributed by atoms with Gasteiger partial charge in [0.15, 0.2) is 11.6 Å². The molecule has 0 atom stereocenters. The van der Waals surface area contributed by atoms with E-state index in [1.54, 1.807) is 0 Å². The van der Waals surface area contributed by atoms with Gasteiger partial charge in [0.1, 0.15) is 0 Å². The number of nitrogens with zero attached hydrogens (tertiary/aromatic N) is 4. The average molecular weight is 179 g/mol. The van der Waals surface area contributed by atoms with Crippen LogP contribution in [0, 0.1) is 5.82 Å². The van der Waals surface area contributed by atoms with E-state index in [9.17, 15) is 4.39 Å². The first-order chi connectivity index (χ1) is 6.27. The Bertz CT molecular complexity index is 411. The van der Waals surface area contributed by atoms with Crippen LogP contribution in [-0.4, -0.2) is 20.0 Å². The number of halogens is 1. The van der Waals surface area contributed by atoms with E-state index in [0.717, 1.165) is 0 Å². The number of aromatic nitrogens is 4. The van der Waals surface area contributed by atoms with E-state index in [2.05, 4.69) is 15.3 Å². The van der Waals surface area contributed by atoms with Crippen LogP contribution in [0.5, 0.6) is 0 Å². The number of rotatable bonds is 1. The fraction of sp³-hybridized carbons (Fsp3) is 0. The lowest BCUT2D eigenvalue weighted by molar-refractivity contribution is 0.597. The summed E-state index contributed by atoms with van der Waals surface area (Å²) >= 11 is 0. The summed E-state index contributed by atoms with van der Waals surface area (Å²) in [6, 6.07) is 1.18. The third-order valence-electron chi connectivity index (χ3n) is 1.48. The maximum Gasteiger partial charge on any atom is 0.191 e. The molecule has 0 aromatic carbocycles. The van der Waals surface area contributed by atoms with Crippen LogP contribution in [0.1, 0.15) is 0 Å². The molecule has 0 spiro atoms. The van der Waals surface area contributed by atoms with Crippen molar-refractivity contribution >= 4 is 5.69 Å². The predicted octanol–water partition coefficient (Wildman–Crippen LogP) is 0.384. The van der Waals surface area contributed by atoms with Crippen LogP contribution in [0.4, 0.5) is 10.1 Å². The third-order valence-corrected chi connectivity index (χ3v) is 1.48. The van der Waals surface area contributed by atoms with E-state index in [-0.39, 0.29) is 11.5 Å². The third kappa shape index (κ3) is 1.33. The largest absolute Gasteiger partial charge is 0.397 e. The molecule has 0 saturated heterocycles. The molecule has 2 aromatic rings. The van der Waals surface area contributed by atoms with Crippen LogP contribution in [-0.2, 0) is 0 Å². The van der Waals surface area contributed by atoms with Crippen molar-refractivity contribution in [1.82, 2.24) is 20.0 Å². The van der Waals surface area contributed by atoms with Crippen LogP contribution >= 0.6 is 0 Å². The van der Waals surface area contributed by atoms with Crippen LogP contribution in [0.25, 0.3) is 5.82 Å². The van der Waals surface area contributed by atoms with Gasteiger partial charge >= 0.3 is 0 Å². The average Bonchev–Trinajstić information content (AvgIpc) is 2.56. The molecule has 2 rings (SSSR count). The second kappa shape index (κ2) is 2.81. The molecule has 5 nitrogen and oxygen atoms in total. The van der Waals surface area contributed by atoms with Crippen LogP contribution in [0.3, 0.4) is 0 Å². The summed E-state index contributed by atoms with van der Waals surface area (Å²) < 4.78 is 14.4. The second-order valence-electron chi connectivity index (χ2n) is 2.42. The van der Waals surface area contributed by atoms with Gasteiger partial charge in [-0.05, 0) is 0 Å². The van der Waals surface area contributed by atoms with E-state index in [1.165, 1.54) is 29.3 Å². The number of nitrogens with two attached hydrogens (primary N) is 1. The van der Waals surface area contributed by atoms with Crippen molar-refractivity contribution in [2.24, 2.45) is 0 Å². The van der Waals surface area contributed by atoms with E-state index >= 15 is 0 Å². The van der Waals surface area contributed by atoms with Gasteiger partial charge in [0.2, 0.25) is 0 Å². The molecule has 2 aromatic heterocycles. The van der Waals surface area contributed by atoms with Crippen molar-refractivity contribution in [3.63, 3.8) is 0 Å². The molecule has 0 unspecified atom stereocenters. The molecule has 66 valence electrons. The Morgan fingerprint density at radius 2 is 2.31 bits per heavy atom. The molecule has 0 fully saturated rings. The molecule has 0 bridgehead atoms. The highest BCUT2D eigenvalue weighted by Gasteiger charge is 2.06. The van der Waals surface area contributed by atoms with Gasteiger partial charge in [-0.1, -0.05) is 5.21 Å². The highest BCUT2D eigenvalue weighted by molar-refractivity contribution is 5.39. The van der Waals surface area contributed by atoms with Gasteiger partial charge in [0, 0.05) is 6.07 Å². The van der Waals surface area contributed by atoms with Crippen molar-refractivity contribution in [2.45, 2.75) is 0 Å². The lowest BCUT2D eigenvalue weighted by Gasteiger charge is -2.00. The predicted molar refractivity (Wildman–Crippen MR) is 43.5 cm³/mol. The number of nitrogen functional groups attached to an aromatic ring is 1. The minimum Gasteiger partial charge on any atom is -0.397 e. The monoisotopic (exact) mass is 179 g/mol. The van der Waals surface area contributed by atoms with E-state index in [1.807, 2.05) is 0 Å². The lowest BCUT2D eigenvalue weighted by Crippen LogP contribution is -2.02. The Hall–Kier alpha value is -1.98. The summed E-state index contributed by atoms with van der Waals surface area (Å²) in [5, 5.41) is 7.14. The molecule has 0 aliphatic heterocycles. The second-order valence-corrected chi connectivity index (χ2v) is 2.42. The zero-order valence-electron chi connectivity index (χ0n) is 6.55. The van der Waals surface area contributed by atoms with Crippen molar-refractivity contribution in [3.8, 4) is 5.82 Å². The molecule has 13 heavy (non-hydrogen) atoms. The van der Waals surface area contributed by atoms with Crippen LogP contribution in [0.15, 0.2) is 24.7 Å². The van der Waals surface area contributed by atoms with E-state index < -0.39 is 5.82 Å². The number of anilines is 1. The van der Waals surface area contributed by atoms with Gasteiger partial charge in [0.05, 0.1) is 24.3 Å². The number of hydrogen-bond donors (Lipinski definition) is 1. The molecule has 2 heterocycles. The molecule has 0 amide bonds. The van der Waals surface area contributed by atoms with Gasteiger partial charge in [-0.2, -0.15) is 4.68 Å². The Kier molecular flexibility index (Phi) is 1.66. The Morgan fingerprint density at radius 1 is 1.46 bits per heavy atom. The Labute approximate surface area is 73.0 Å². The first kappa shape index (κ1) is 7.66. The quantitative estimate of drug-likeness (QED) is 0.687. The number of pyridine rings is 1. The maximum atomic E-state index is 13.2. The zero-order chi connectivity index (χ0) is 9.26. The van der Waals surface area contributed by atoms with E-state index in [0.29, 0.717) is 0 Å². The summed E-state index contributed by atoms with van der Waals surface area (Å²) in [4.78, 5) is 3.78. The summed E-state index contributed by atoms with van der Waals surface area (Å²) in [6.45, 7) is 0. The first-order valence-electron chi connectivity index (χ1n) is 3.55. The number of hydrogen-bond acceptors (Lipinski definition) is 4. The van der Waals surface area contributed by atoms with Gasteiger partial charge in [-0.25, -0.2) is 9.37 Å². The highest BCUT2D eigenvalue weighted by Crippen LogP contribution is 2.10. The van der Waals surface area contributed by atoms with Crippen molar-refractivity contribution in [2.75, 3.05) is 5.73 Å². The van der Waals surface area contributed by atoms with Crippen LogP contribution in [0.2, 0.25) is 0 Å². The van der Waals surface area contributed by atoms with Gasteiger partial charge in [-0.15, -0.1) is 5.10 Å². The molecular weight excluding hydrogens is 173 g/mol. The first-order valence-corrected chi connectivity index (χ1v) is 3.55.